The van der Waals surface area contributed by atoms with Crippen LogP contribution in [-0.2, 0) is 6.61 Å². The highest BCUT2D eigenvalue weighted by atomic mass is 16.5. The fourth-order valence-electron chi connectivity index (χ4n) is 2.03. The number of amides is 1. The van der Waals surface area contributed by atoms with Crippen LogP contribution in [-0.4, -0.2) is 10.9 Å². The molecule has 1 aromatic carbocycles. The number of nitriles is 1. The molecule has 3 aromatic rings. The number of hydrogen-bond donors (Lipinski definition) is 1. The number of benzene rings is 1. The van der Waals surface area contributed by atoms with E-state index in [1.165, 1.54) is 12.1 Å². The molecule has 0 unspecified atom stereocenters. The van der Waals surface area contributed by atoms with E-state index in [4.69, 9.17) is 14.4 Å². The average Bonchev–Trinajstić information content (AvgIpc) is 3.11. The number of aromatic nitrogens is 1. The van der Waals surface area contributed by atoms with Crippen LogP contribution in [0.2, 0.25) is 0 Å². The molecule has 118 valence electrons. The first-order valence-electron chi connectivity index (χ1n) is 7.19. The lowest BCUT2D eigenvalue weighted by Gasteiger charge is -2.10. The van der Waals surface area contributed by atoms with Crippen molar-refractivity contribution in [2.45, 2.75) is 6.61 Å². The Labute approximate surface area is 138 Å². The van der Waals surface area contributed by atoms with E-state index in [0.29, 0.717) is 18.2 Å². The van der Waals surface area contributed by atoms with Gasteiger partial charge in [0, 0.05) is 6.20 Å². The molecule has 24 heavy (non-hydrogen) atoms. The van der Waals surface area contributed by atoms with Gasteiger partial charge in [-0.2, -0.15) is 5.26 Å². The molecule has 6 nitrogen and oxygen atoms in total. The molecule has 0 aliphatic heterocycles. The van der Waals surface area contributed by atoms with Crippen molar-refractivity contribution in [2.75, 3.05) is 5.32 Å². The second-order valence-electron chi connectivity index (χ2n) is 4.86. The lowest BCUT2D eigenvalue weighted by Crippen LogP contribution is -2.12. The first-order chi connectivity index (χ1) is 11.8. The van der Waals surface area contributed by atoms with Gasteiger partial charge in [0.25, 0.3) is 5.91 Å². The lowest BCUT2D eigenvalue weighted by molar-refractivity contribution is 0.0995. The summed E-state index contributed by atoms with van der Waals surface area (Å²) < 4.78 is 10.8. The van der Waals surface area contributed by atoms with E-state index in [-0.39, 0.29) is 11.5 Å². The highest BCUT2D eigenvalue weighted by molar-refractivity contribution is 6.02. The number of anilines is 1. The third-order valence-corrected chi connectivity index (χ3v) is 3.18. The fraction of sp³-hybridized carbons (Fsp3) is 0.0556. The molecule has 0 atom stereocenters. The number of ether oxygens (including phenoxy) is 1. The SMILES string of the molecule is N#Cc1ccc(C(=O)Nc2cccnc2OCc2ccccc2)o1. The Morgan fingerprint density at radius 2 is 2.00 bits per heavy atom. The quantitative estimate of drug-likeness (QED) is 0.779. The third-order valence-electron chi connectivity index (χ3n) is 3.18. The van der Waals surface area contributed by atoms with Crippen LogP contribution in [0.4, 0.5) is 5.69 Å². The second kappa shape index (κ2) is 7.11. The molecule has 0 radical (unpaired) electrons. The molecule has 1 N–H and O–H groups in total. The highest BCUT2D eigenvalue weighted by Crippen LogP contribution is 2.22. The zero-order valence-electron chi connectivity index (χ0n) is 12.6. The summed E-state index contributed by atoms with van der Waals surface area (Å²) in [6.45, 7) is 0.333. The van der Waals surface area contributed by atoms with Crippen LogP contribution in [0.1, 0.15) is 21.9 Å². The van der Waals surface area contributed by atoms with Crippen molar-refractivity contribution >= 4 is 11.6 Å². The molecule has 3 rings (SSSR count). The molecule has 2 aromatic heterocycles. The molecular weight excluding hydrogens is 306 g/mol. The fourth-order valence-corrected chi connectivity index (χ4v) is 2.03. The van der Waals surface area contributed by atoms with Gasteiger partial charge in [0.2, 0.25) is 11.6 Å². The maximum Gasteiger partial charge on any atom is 0.291 e. The molecule has 0 saturated carbocycles. The van der Waals surface area contributed by atoms with Crippen LogP contribution in [0.15, 0.2) is 65.2 Å². The lowest BCUT2D eigenvalue weighted by atomic mass is 10.2. The van der Waals surface area contributed by atoms with Gasteiger partial charge < -0.3 is 14.5 Å². The molecule has 0 spiro atoms. The van der Waals surface area contributed by atoms with Gasteiger partial charge in [-0.05, 0) is 29.8 Å². The Morgan fingerprint density at radius 3 is 2.75 bits per heavy atom. The van der Waals surface area contributed by atoms with E-state index in [1.807, 2.05) is 36.4 Å². The summed E-state index contributed by atoms with van der Waals surface area (Å²) in [7, 11) is 0. The Balaban J connectivity index is 1.72. The van der Waals surface area contributed by atoms with Crippen LogP contribution >= 0.6 is 0 Å². The van der Waals surface area contributed by atoms with E-state index in [0.717, 1.165) is 5.56 Å². The minimum absolute atomic E-state index is 0.0458. The van der Waals surface area contributed by atoms with Crippen molar-refractivity contribution in [2.24, 2.45) is 0 Å². The Bertz CT molecular complexity index is 882. The number of nitrogens with zero attached hydrogens (tertiary/aromatic N) is 2. The third kappa shape index (κ3) is 3.59. The average molecular weight is 319 g/mol. The largest absolute Gasteiger partial charge is 0.471 e. The summed E-state index contributed by atoms with van der Waals surface area (Å²) in [5, 5.41) is 11.4. The summed E-state index contributed by atoms with van der Waals surface area (Å²) in [4.78, 5) is 16.3. The molecule has 0 saturated heterocycles. The van der Waals surface area contributed by atoms with E-state index in [9.17, 15) is 4.79 Å². The number of pyridine rings is 1. The smallest absolute Gasteiger partial charge is 0.291 e. The molecule has 1 amide bonds. The Hall–Kier alpha value is -3.59. The standard InChI is InChI=1S/C18H13N3O3/c19-11-14-8-9-16(24-14)17(22)21-15-7-4-10-20-18(15)23-12-13-5-2-1-3-6-13/h1-10H,12H2,(H,21,22). The summed E-state index contributed by atoms with van der Waals surface area (Å²) in [6, 6.07) is 17.7. The predicted octanol–water partition coefficient (Wildman–Crippen LogP) is 3.38. The molecule has 0 fully saturated rings. The Kier molecular flexibility index (Phi) is 4.54. The van der Waals surface area contributed by atoms with Crippen LogP contribution < -0.4 is 10.1 Å². The first kappa shape index (κ1) is 15.3. The predicted molar refractivity (Wildman–Crippen MR) is 86.4 cm³/mol. The van der Waals surface area contributed by atoms with Gasteiger partial charge in [0.05, 0.1) is 0 Å². The Morgan fingerprint density at radius 1 is 1.17 bits per heavy atom. The van der Waals surface area contributed by atoms with Crippen LogP contribution in [0.25, 0.3) is 0 Å². The minimum Gasteiger partial charge on any atom is -0.471 e. The van der Waals surface area contributed by atoms with E-state index in [2.05, 4.69) is 10.3 Å². The van der Waals surface area contributed by atoms with Gasteiger partial charge >= 0.3 is 0 Å². The van der Waals surface area contributed by atoms with Crippen molar-refractivity contribution in [1.29, 1.82) is 5.26 Å². The van der Waals surface area contributed by atoms with Crippen molar-refractivity contribution < 1.29 is 13.9 Å². The monoisotopic (exact) mass is 319 g/mol. The molecule has 0 aliphatic rings. The molecule has 6 heteroatoms. The van der Waals surface area contributed by atoms with Gasteiger partial charge in [-0.25, -0.2) is 4.98 Å². The number of rotatable bonds is 5. The van der Waals surface area contributed by atoms with Gasteiger partial charge in [-0.3, -0.25) is 4.79 Å². The summed E-state index contributed by atoms with van der Waals surface area (Å²) in [5.74, 6) is -0.0490. The summed E-state index contributed by atoms with van der Waals surface area (Å²) in [6.07, 6.45) is 1.58. The number of furan rings is 1. The van der Waals surface area contributed by atoms with Crippen molar-refractivity contribution in [3.63, 3.8) is 0 Å². The maximum atomic E-state index is 12.2. The van der Waals surface area contributed by atoms with E-state index < -0.39 is 5.91 Å². The molecular formula is C18H13N3O3. The second-order valence-corrected chi connectivity index (χ2v) is 4.86. The normalized spacial score (nSPS) is 9.96. The topological polar surface area (TPSA) is 88.2 Å². The summed E-state index contributed by atoms with van der Waals surface area (Å²) >= 11 is 0. The zero-order valence-corrected chi connectivity index (χ0v) is 12.6. The summed E-state index contributed by atoms with van der Waals surface area (Å²) in [5.41, 5.74) is 1.42. The zero-order chi connectivity index (χ0) is 16.8. The van der Waals surface area contributed by atoms with Gasteiger partial charge in [-0.1, -0.05) is 30.3 Å². The highest BCUT2D eigenvalue weighted by Gasteiger charge is 2.14. The first-order valence-corrected chi connectivity index (χ1v) is 7.19. The van der Waals surface area contributed by atoms with Crippen molar-refractivity contribution in [3.05, 3.63) is 77.9 Å². The van der Waals surface area contributed by atoms with Gasteiger partial charge in [0.1, 0.15) is 18.4 Å². The van der Waals surface area contributed by atoms with Crippen LogP contribution in [0.5, 0.6) is 5.88 Å². The van der Waals surface area contributed by atoms with Gasteiger partial charge in [0.15, 0.2) is 5.76 Å². The van der Waals surface area contributed by atoms with Crippen molar-refractivity contribution in [3.8, 4) is 11.9 Å². The number of carbonyl (C=O) groups is 1. The number of carbonyl (C=O) groups excluding carboxylic acids is 1. The van der Waals surface area contributed by atoms with Crippen molar-refractivity contribution in [1.82, 2.24) is 4.98 Å². The van der Waals surface area contributed by atoms with Crippen LogP contribution in [0, 0.1) is 11.3 Å². The van der Waals surface area contributed by atoms with E-state index in [1.54, 1.807) is 18.3 Å². The van der Waals surface area contributed by atoms with Gasteiger partial charge in [-0.15, -0.1) is 0 Å². The number of nitrogens with one attached hydrogen (secondary N) is 1. The maximum absolute atomic E-state index is 12.2. The van der Waals surface area contributed by atoms with Crippen LogP contribution in [0.3, 0.4) is 0 Å². The molecule has 0 aliphatic carbocycles. The molecule has 2 heterocycles. The molecule has 0 bridgehead atoms. The van der Waals surface area contributed by atoms with E-state index >= 15 is 0 Å². The number of hydrogen-bond acceptors (Lipinski definition) is 5. The minimum atomic E-state index is -0.478.